The van der Waals surface area contributed by atoms with Crippen LogP contribution in [0.4, 0.5) is 0 Å². The molecular weight excluding hydrogens is 196 g/mol. The van der Waals surface area contributed by atoms with E-state index >= 15 is 0 Å². The maximum absolute atomic E-state index is 11.2. The summed E-state index contributed by atoms with van der Waals surface area (Å²) in [5, 5.41) is 3.46. The van der Waals surface area contributed by atoms with Crippen molar-refractivity contribution in [3.8, 4) is 0 Å². The molecule has 82 valence electrons. The van der Waals surface area contributed by atoms with Gasteiger partial charge in [0.1, 0.15) is 0 Å². The summed E-state index contributed by atoms with van der Waals surface area (Å²) in [5.41, 5.74) is 0. The van der Waals surface area contributed by atoms with Crippen LogP contribution in [-0.2, 0) is 10.8 Å². The number of piperidine rings is 1. The second-order valence-electron chi connectivity index (χ2n) is 4.42. The van der Waals surface area contributed by atoms with Gasteiger partial charge in [-0.3, -0.25) is 9.11 Å². The highest BCUT2D eigenvalue weighted by molar-refractivity contribution is 7.85. The van der Waals surface area contributed by atoms with E-state index in [0.29, 0.717) is 6.04 Å². The van der Waals surface area contributed by atoms with Gasteiger partial charge in [0.25, 0.3) is 0 Å². The standard InChI is InChI=1S/C10H20N2OS/c1-9-2-3-11-8-10(9)12-4-6-14(13)7-5-12/h9-11H,2-8H2,1H3. The second kappa shape index (κ2) is 4.73. The lowest BCUT2D eigenvalue weighted by Gasteiger charge is -2.40. The predicted octanol–water partition coefficient (Wildman–Crippen LogP) is 0.0487. The zero-order valence-electron chi connectivity index (χ0n) is 8.87. The molecule has 0 radical (unpaired) electrons. The molecule has 1 N–H and O–H groups in total. The molecule has 0 bridgehead atoms. The van der Waals surface area contributed by atoms with Crippen LogP contribution in [0.15, 0.2) is 0 Å². The Kier molecular flexibility index (Phi) is 3.57. The van der Waals surface area contributed by atoms with Gasteiger partial charge in [0.2, 0.25) is 0 Å². The quantitative estimate of drug-likeness (QED) is 0.672. The Morgan fingerprint density at radius 3 is 2.71 bits per heavy atom. The van der Waals surface area contributed by atoms with Crippen molar-refractivity contribution in [2.24, 2.45) is 5.92 Å². The van der Waals surface area contributed by atoms with Crippen molar-refractivity contribution in [1.82, 2.24) is 10.2 Å². The first-order valence-electron chi connectivity index (χ1n) is 5.57. The zero-order chi connectivity index (χ0) is 9.97. The first kappa shape index (κ1) is 10.6. The lowest BCUT2D eigenvalue weighted by atomic mass is 9.93. The lowest BCUT2D eigenvalue weighted by molar-refractivity contribution is 0.133. The summed E-state index contributed by atoms with van der Waals surface area (Å²) in [7, 11) is -0.539. The van der Waals surface area contributed by atoms with Gasteiger partial charge < -0.3 is 5.32 Å². The molecule has 4 heteroatoms. The summed E-state index contributed by atoms with van der Waals surface area (Å²) < 4.78 is 11.2. The maximum Gasteiger partial charge on any atom is 0.0363 e. The summed E-state index contributed by atoms with van der Waals surface area (Å²) in [6.45, 7) is 6.69. The molecule has 0 spiro atoms. The highest BCUT2D eigenvalue weighted by Crippen LogP contribution is 2.18. The van der Waals surface area contributed by atoms with Crippen molar-refractivity contribution in [3.63, 3.8) is 0 Å². The van der Waals surface area contributed by atoms with Gasteiger partial charge in [-0.05, 0) is 18.9 Å². The largest absolute Gasteiger partial charge is 0.315 e. The molecule has 2 aliphatic heterocycles. The molecule has 2 saturated heterocycles. The summed E-state index contributed by atoms with van der Waals surface area (Å²) >= 11 is 0. The Balaban J connectivity index is 1.90. The molecule has 2 heterocycles. The van der Waals surface area contributed by atoms with Crippen molar-refractivity contribution in [2.75, 3.05) is 37.7 Å². The maximum atomic E-state index is 11.2. The Bertz CT molecular complexity index is 212. The van der Waals surface area contributed by atoms with E-state index in [0.717, 1.165) is 43.6 Å². The van der Waals surface area contributed by atoms with Crippen LogP contribution in [0, 0.1) is 5.92 Å². The van der Waals surface area contributed by atoms with Gasteiger partial charge in [0.05, 0.1) is 0 Å². The van der Waals surface area contributed by atoms with Gasteiger partial charge in [-0.2, -0.15) is 0 Å². The smallest absolute Gasteiger partial charge is 0.0363 e. The third-order valence-corrected chi connectivity index (χ3v) is 4.74. The Morgan fingerprint density at radius 2 is 2.07 bits per heavy atom. The molecule has 0 amide bonds. The van der Waals surface area contributed by atoms with Gasteiger partial charge in [0.15, 0.2) is 0 Å². The molecule has 0 aromatic carbocycles. The van der Waals surface area contributed by atoms with Crippen molar-refractivity contribution >= 4 is 10.8 Å². The van der Waals surface area contributed by atoms with Crippen molar-refractivity contribution in [1.29, 1.82) is 0 Å². The van der Waals surface area contributed by atoms with Crippen LogP contribution in [0.25, 0.3) is 0 Å². The Labute approximate surface area is 88.7 Å². The van der Waals surface area contributed by atoms with Gasteiger partial charge in [-0.1, -0.05) is 6.92 Å². The molecule has 14 heavy (non-hydrogen) atoms. The number of rotatable bonds is 1. The highest BCUT2D eigenvalue weighted by atomic mass is 32.2. The van der Waals surface area contributed by atoms with Crippen LogP contribution in [-0.4, -0.2) is 52.8 Å². The first-order valence-corrected chi connectivity index (χ1v) is 7.06. The summed E-state index contributed by atoms with van der Waals surface area (Å²) in [6, 6.07) is 0.682. The van der Waals surface area contributed by atoms with Crippen LogP contribution in [0.5, 0.6) is 0 Å². The average Bonchev–Trinajstić information content (AvgIpc) is 2.20. The molecule has 2 rings (SSSR count). The molecule has 2 atom stereocenters. The lowest BCUT2D eigenvalue weighted by Crippen LogP contribution is -2.54. The minimum atomic E-state index is -0.539. The SMILES string of the molecule is CC1CCNCC1N1CCS(=O)CC1. The second-order valence-corrected chi connectivity index (χ2v) is 6.12. The van der Waals surface area contributed by atoms with Gasteiger partial charge in [-0.25, -0.2) is 0 Å². The van der Waals surface area contributed by atoms with Crippen LogP contribution in [0.2, 0.25) is 0 Å². The minimum absolute atomic E-state index is 0.539. The fourth-order valence-corrected chi connectivity index (χ4v) is 3.53. The summed E-state index contributed by atoms with van der Waals surface area (Å²) in [6.07, 6.45) is 1.28. The number of hydrogen-bond donors (Lipinski definition) is 1. The average molecular weight is 216 g/mol. The van der Waals surface area contributed by atoms with E-state index < -0.39 is 10.8 Å². The van der Waals surface area contributed by atoms with E-state index in [-0.39, 0.29) is 0 Å². The molecule has 0 aromatic rings. The van der Waals surface area contributed by atoms with E-state index in [2.05, 4.69) is 17.1 Å². The number of hydrogen-bond acceptors (Lipinski definition) is 3. The number of nitrogens with one attached hydrogen (secondary N) is 1. The van der Waals surface area contributed by atoms with Crippen LogP contribution in [0.1, 0.15) is 13.3 Å². The fourth-order valence-electron chi connectivity index (χ4n) is 2.45. The molecule has 0 aromatic heterocycles. The first-order chi connectivity index (χ1) is 6.77. The molecule has 0 saturated carbocycles. The monoisotopic (exact) mass is 216 g/mol. The van der Waals surface area contributed by atoms with E-state index in [9.17, 15) is 4.21 Å². The molecule has 2 aliphatic rings. The van der Waals surface area contributed by atoms with E-state index in [1.807, 2.05) is 0 Å². The highest BCUT2D eigenvalue weighted by Gasteiger charge is 2.28. The van der Waals surface area contributed by atoms with E-state index in [4.69, 9.17) is 0 Å². The third kappa shape index (κ3) is 2.35. The van der Waals surface area contributed by atoms with Crippen LogP contribution < -0.4 is 5.32 Å². The van der Waals surface area contributed by atoms with Gasteiger partial charge in [0, 0.05) is 48.0 Å². The Hall–Kier alpha value is 0.0700. The summed E-state index contributed by atoms with van der Waals surface area (Å²) in [4.78, 5) is 2.53. The molecule has 0 aliphatic carbocycles. The topological polar surface area (TPSA) is 32.3 Å². The van der Waals surface area contributed by atoms with Crippen molar-refractivity contribution in [2.45, 2.75) is 19.4 Å². The summed E-state index contributed by atoms with van der Waals surface area (Å²) in [5.74, 6) is 2.55. The third-order valence-electron chi connectivity index (χ3n) is 3.47. The zero-order valence-corrected chi connectivity index (χ0v) is 9.68. The van der Waals surface area contributed by atoms with Crippen LogP contribution >= 0.6 is 0 Å². The van der Waals surface area contributed by atoms with Crippen molar-refractivity contribution in [3.05, 3.63) is 0 Å². The number of nitrogens with zero attached hydrogens (tertiary/aromatic N) is 1. The molecule has 3 nitrogen and oxygen atoms in total. The fraction of sp³-hybridized carbons (Fsp3) is 1.00. The Morgan fingerprint density at radius 1 is 1.36 bits per heavy atom. The van der Waals surface area contributed by atoms with Gasteiger partial charge >= 0.3 is 0 Å². The van der Waals surface area contributed by atoms with E-state index in [1.54, 1.807) is 0 Å². The molecular formula is C10H20N2OS. The van der Waals surface area contributed by atoms with Crippen molar-refractivity contribution < 1.29 is 4.21 Å². The normalized spacial score (nSPS) is 37.2. The van der Waals surface area contributed by atoms with Crippen LogP contribution in [0.3, 0.4) is 0 Å². The van der Waals surface area contributed by atoms with Gasteiger partial charge in [-0.15, -0.1) is 0 Å². The van der Waals surface area contributed by atoms with E-state index in [1.165, 1.54) is 6.42 Å². The predicted molar refractivity (Wildman–Crippen MR) is 59.9 cm³/mol. The minimum Gasteiger partial charge on any atom is -0.315 e. The molecule has 2 fully saturated rings. The molecule has 2 unspecified atom stereocenters.